The topological polar surface area (TPSA) is 84.2 Å². The number of H-pyrrole nitrogens is 2. The average molecular weight is 493 g/mol. The maximum atomic E-state index is 12.5. The number of allylic oxidation sites excluding steroid dienone is 3. The molecule has 0 bridgehead atoms. The molecule has 6 nitrogen and oxygen atoms in total. The van der Waals surface area contributed by atoms with Crippen LogP contribution < -0.4 is 15.2 Å². The molecule has 3 aromatic carbocycles. The van der Waals surface area contributed by atoms with Crippen LogP contribution in [0.15, 0.2) is 71.6 Å². The van der Waals surface area contributed by atoms with Crippen LogP contribution in [0.3, 0.4) is 0 Å². The fourth-order valence-corrected chi connectivity index (χ4v) is 4.43. The molecule has 0 atom stereocenters. The fraction of sp³-hybridized carbons (Fsp3) is 0.0769. The van der Waals surface area contributed by atoms with Crippen LogP contribution in [0.2, 0.25) is 10.0 Å². The van der Waals surface area contributed by atoms with Gasteiger partial charge in [0.05, 0.1) is 16.1 Å². The van der Waals surface area contributed by atoms with Gasteiger partial charge in [0.1, 0.15) is 0 Å². The Morgan fingerprint density at radius 3 is 2.65 bits per heavy atom. The lowest BCUT2D eigenvalue weighted by Crippen LogP contribution is -2.00. The summed E-state index contributed by atoms with van der Waals surface area (Å²) < 4.78 is 10.7. The van der Waals surface area contributed by atoms with Gasteiger partial charge in [-0.3, -0.25) is 4.79 Å². The first kappa shape index (κ1) is 22.1. The van der Waals surface area contributed by atoms with Gasteiger partial charge in [-0.2, -0.15) is 0 Å². The Balaban J connectivity index is 1.32. The molecule has 8 heteroatoms. The molecule has 1 aliphatic heterocycles. The molecule has 0 unspecified atom stereocenters. The monoisotopic (exact) mass is 492 g/mol. The summed E-state index contributed by atoms with van der Waals surface area (Å²) in [5.41, 5.74) is 4.01. The summed E-state index contributed by atoms with van der Waals surface area (Å²) in [6.07, 6.45) is 6.98. The first-order valence-corrected chi connectivity index (χ1v) is 11.2. The molecule has 2 N–H and O–H groups in total. The number of carbonyl (C=O) groups is 1. The number of benzene rings is 3. The van der Waals surface area contributed by atoms with Crippen molar-refractivity contribution in [3.8, 4) is 22.6 Å². The number of ketones is 1. The van der Waals surface area contributed by atoms with Gasteiger partial charge in [-0.25, -0.2) is 4.79 Å². The number of halogens is 2. The lowest BCUT2D eigenvalue weighted by atomic mass is 9.99. The molecule has 4 aromatic rings. The number of hydrogen-bond acceptors (Lipinski definition) is 4. The molecule has 0 radical (unpaired) electrons. The van der Waals surface area contributed by atoms with Gasteiger partial charge in [0.2, 0.25) is 6.79 Å². The lowest BCUT2D eigenvalue weighted by molar-refractivity contribution is -0.114. The van der Waals surface area contributed by atoms with Crippen LogP contribution in [0.25, 0.3) is 28.2 Å². The van der Waals surface area contributed by atoms with Crippen molar-refractivity contribution in [2.45, 2.75) is 6.42 Å². The van der Waals surface area contributed by atoms with Crippen LogP contribution in [-0.2, 0) is 11.2 Å². The summed E-state index contributed by atoms with van der Waals surface area (Å²) in [4.78, 5) is 29.5. The zero-order valence-electron chi connectivity index (χ0n) is 17.7. The predicted molar refractivity (Wildman–Crippen MR) is 134 cm³/mol. The second kappa shape index (κ2) is 9.25. The van der Waals surface area contributed by atoms with Gasteiger partial charge in [0.25, 0.3) is 0 Å². The summed E-state index contributed by atoms with van der Waals surface area (Å²) in [7, 11) is 0. The molecule has 0 saturated heterocycles. The number of aromatic nitrogens is 2. The van der Waals surface area contributed by atoms with Gasteiger partial charge in [-0.15, -0.1) is 0 Å². The van der Waals surface area contributed by atoms with Gasteiger partial charge >= 0.3 is 5.69 Å². The largest absolute Gasteiger partial charge is 0.454 e. The van der Waals surface area contributed by atoms with E-state index >= 15 is 0 Å². The van der Waals surface area contributed by atoms with E-state index in [0.29, 0.717) is 38.0 Å². The predicted octanol–water partition coefficient (Wildman–Crippen LogP) is 5.94. The normalized spacial score (nSPS) is 12.9. The summed E-state index contributed by atoms with van der Waals surface area (Å²) in [5.74, 6) is 1.33. The van der Waals surface area contributed by atoms with Crippen molar-refractivity contribution in [3.05, 3.63) is 98.4 Å². The van der Waals surface area contributed by atoms with Crippen molar-refractivity contribution >= 4 is 46.1 Å². The van der Waals surface area contributed by atoms with E-state index in [-0.39, 0.29) is 24.7 Å². The number of nitrogens with one attached hydrogen (secondary N) is 2. The van der Waals surface area contributed by atoms with Crippen molar-refractivity contribution in [3.63, 3.8) is 0 Å². The van der Waals surface area contributed by atoms with Gasteiger partial charge in [0, 0.05) is 17.0 Å². The van der Waals surface area contributed by atoms with E-state index in [9.17, 15) is 9.59 Å². The van der Waals surface area contributed by atoms with Gasteiger partial charge < -0.3 is 19.4 Å². The Bertz CT molecular complexity index is 1530. The minimum Gasteiger partial charge on any atom is -0.454 e. The lowest BCUT2D eigenvalue weighted by Gasteiger charge is -2.11. The minimum absolute atomic E-state index is 0.101. The highest BCUT2D eigenvalue weighted by molar-refractivity contribution is 6.39. The standard InChI is InChI=1S/C26H18Cl2N2O4/c27-19-8-6-17(25(28)24(19)16-7-9-20-21(13-16)30-26(32)29-20)12-18(31)4-2-1-3-15-5-10-22-23(11-15)34-14-33-22/h1-11,13H,12,14H2,(H2,29,30,32). The smallest absolute Gasteiger partial charge is 0.323 e. The van der Waals surface area contributed by atoms with Gasteiger partial charge in [-0.1, -0.05) is 59.6 Å². The fourth-order valence-electron chi connectivity index (χ4n) is 3.78. The van der Waals surface area contributed by atoms with Crippen molar-refractivity contribution in [2.24, 2.45) is 0 Å². The second-order valence-electron chi connectivity index (χ2n) is 7.71. The molecular formula is C26H18Cl2N2O4. The molecular weight excluding hydrogens is 475 g/mol. The highest BCUT2D eigenvalue weighted by Crippen LogP contribution is 2.38. The van der Waals surface area contributed by atoms with Gasteiger partial charge in [-0.05, 0) is 53.1 Å². The van der Waals surface area contributed by atoms with Crippen molar-refractivity contribution in [1.29, 1.82) is 0 Å². The molecule has 0 fully saturated rings. The highest BCUT2D eigenvalue weighted by Gasteiger charge is 2.15. The Morgan fingerprint density at radius 1 is 0.941 bits per heavy atom. The third kappa shape index (κ3) is 4.51. The maximum Gasteiger partial charge on any atom is 0.323 e. The van der Waals surface area contributed by atoms with E-state index < -0.39 is 0 Å². The maximum absolute atomic E-state index is 12.5. The molecule has 170 valence electrons. The number of imidazole rings is 1. The van der Waals surface area contributed by atoms with Crippen LogP contribution >= 0.6 is 23.2 Å². The third-order valence-electron chi connectivity index (χ3n) is 5.42. The van der Waals surface area contributed by atoms with E-state index in [1.54, 1.807) is 36.4 Å². The van der Waals surface area contributed by atoms with E-state index in [1.807, 2.05) is 30.3 Å². The molecule has 5 rings (SSSR count). The molecule has 0 amide bonds. The second-order valence-corrected chi connectivity index (χ2v) is 8.49. The van der Waals surface area contributed by atoms with E-state index in [4.69, 9.17) is 32.7 Å². The Kier molecular flexibility index (Phi) is 6.01. The summed E-state index contributed by atoms with van der Waals surface area (Å²) in [5, 5.41) is 0.864. The first-order chi connectivity index (χ1) is 16.5. The van der Waals surface area contributed by atoms with Crippen LogP contribution in [-0.4, -0.2) is 22.5 Å². The molecule has 2 heterocycles. The zero-order chi connectivity index (χ0) is 23.7. The van der Waals surface area contributed by atoms with Gasteiger partial charge in [0.15, 0.2) is 17.3 Å². The summed E-state index contributed by atoms with van der Waals surface area (Å²) >= 11 is 13.1. The van der Waals surface area contributed by atoms with E-state index in [2.05, 4.69) is 9.97 Å². The molecule has 34 heavy (non-hydrogen) atoms. The quantitative estimate of drug-likeness (QED) is 0.257. The Labute approximate surface area is 204 Å². The van der Waals surface area contributed by atoms with E-state index in [1.165, 1.54) is 6.08 Å². The number of carbonyl (C=O) groups excluding carboxylic acids is 1. The number of ether oxygens (including phenoxy) is 2. The highest BCUT2D eigenvalue weighted by atomic mass is 35.5. The van der Waals surface area contributed by atoms with Crippen LogP contribution in [0.4, 0.5) is 0 Å². The van der Waals surface area contributed by atoms with E-state index in [0.717, 1.165) is 16.9 Å². The molecule has 0 aliphatic carbocycles. The Morgan fingerprint density at radius 2 is 1.76 bits per heavy atom. The van der Waals surface area contributed by atoms with Crippen molar-refractivity contribution in [2.75, 3.05) is 6.79 Å². The molecule has 1 aliphatic rings. The SMILES string of the molecule is O=C(C=CC=Cc1ccc2c(c1)OCO2)Cc1ccc(Cl)c(-c2ccc3[nH]c(=O)[nH]c3c2)c1Cl. The first-order valence-electron chi connectivity index (χ1n) is 10.4. The third-order valence-corrected chi connectivity index (χ3v) is 6.17. The molecule has 0 saturated carbocycles. The van der Waals surface area contributed by atoms with Crippen LogP contribution in [0, 0.1) is 0 Å². The Hall–Kier alpha value is -3.74. The van der Waals surface area contributed by atoms with Crippen LogP contribution in [0.1, 0.15) is 11.1 Å². The van der Waals surface area contributed by atoms with Crippen LogP contribution in [0.5, 0.6) is 11.5 Å². The van der Waals surface area contributed by atoms with Crippen molar-refractivity contribution < 1.29 is 14.3 Å². The number of rotatable bonds is 6. The molecule has 0 spiro atoms. The van der Waals surface area contributed by atoms with Crippen molar-refractivity contribution in [1.82, 2.24) is 9.97 Å². The average Bonchev–Trinajstić information content (AvgIpc) is 3.43. The summed E-state index contributed by atoms with van der Waals surface area (Å²) in [6, 6.07) is 14.5. The summed E-state index contributed by atoms with van der Waals surface area (Å²) in [6.45, 7) is 0.228. The number of fused-ring (bicyclic) bond motifs is 2. The molecule has 1 aromatic heterocycles. The zero-order valence-corrected chi connectivity index (χ0v) is 19.2. The minimum atomic E-state index is -0.289. The number of aromatic amines is 2. The number of hydrogen-bond donors (Lipinski definition) is 2.